The number of nitrogens with zero attached hydrogens (tertiary/aromatic N) is 4. The van der Waals surface area contributed by atoms with E-state index in [4.69, 9.17) is 9.51 Å². The molecule has 2 aliphatic rings. The molecular weight excluding hydrogens is 388 g/mol. The summed E-state index contributed by atoms with van der Waals surface area (Å²) in [6.07, 6.45) is 6.53. The van der Waals surface area contributed by atoms with Crippen LogP contribution in [0.3, 0.4) is 0 Å². The van der Waals surface area contributed by atoms with Gasteiger partial charge in [0, 0.05) is 19.6 Å². The van der Waals surface area contributed by atoms with E-state index in [-0.39, 0.29) is 17.2 Å². The largest absolute Gasteiger partial charge is 0.343 e. The minimum atomic E-state index is -0.126. The Morgan fingerprint density at radius 2 is 1.87 bits per heavy atom. The monoisotopic (exact) mass is 424 g/mol. The van der Waals surface area contributed by atoms with Gasteiger partial charge < -0.3 is 9.42 Å². The quantitative estimate of drug-likeness (QED) is 0.662. The molecule has 2 heterocycles. The maximum absolute atomic E-state index is 12.8. The van der Waals surface area contributed by atoms with E-state index in [2.05, 4.69) is 55.1 Å². The third-order valence-corrected chi connectivity index (χ3v) is 7.25. The second-order valence-corrected chi connectivity index (χ2v) is 9.25. The Kier molecular flexibility index (Phi) is 6.75. The number of aromatic nitrogens is 2. The third kappa shape index (κ3) is 4.54. The molecule has 0 bridgehead atoms. The lowest BCUT2D eigenvalue weighted by Crippen LogP contribution is -2.44. The molecule has 1 aromatic heterocycles. The van der Waals surface area contributed by atoms with Crippen molar-refractivity contribution in [3.05, 3.63) is 47.1 Å². The van der Waals surface area contributed by atoms with Crippen molar-refractivity contribution in [1.82, 2.24) is 19.9 Å². The molecule has 1 amide bonds. The van der Waals surface area contributed by atoms with Gasteiger partial charge in [0.05, 0.1) is 17.9 Å². The molecule has 1 saturated carbocycles. The molecule has 1 aliphatic heterocycles. The third-order valence-electron chi connectivity index (χ3n) is 7.25. The molecule has 0 spiro atoms. The highest BCUT2D eigenvalue weighted by Crippen LogP contribution is 2.45. The summed E-state index contributed by atoms with van der Waals surface area (Å²) in [6.45, 7) is 10.1. The minimum absolute atomic E-state index is 0.0739. The number of carbonyl (C=O) groups excluding carboxylic acids is 1. The number of benzene rings is 1. The summed E-state index contributed by atoms with van der Waals surface area (Å²) in [5, 5.41) is 4.46. The van der Waals surface area contributed by atoms with Crippen molar-refractivity contribution in [2.75, 3.05) is 26.2 Å². The van der Waals surface area contributed by atoms with E-state index in [0.717, 1.165) is 57.7 Å². The fraction of sp³-hybridized carbons (Fsp3) is 0.640. The average molecular weight is 425 g/mol. The lowest BCUT2D eigenvalue weighted by atomic mass is 9.78. The lowest BCUT2D eigenvalue weighted by Gasteiger charge is -2.33. The zero-order valence-corrected chi connectivity index (χ0v) is 19.3. The second-order valence-electron chi connectivity index (χ2n) is 9.25. The number of hydrogen-bond acceptors (Lipinski definition) is 5. The summed E-state index contributed by atoms with van der Waals surface area (Å²) in [5.74, 6) is 1.86. The first-order chi connectivity index (χ1) is 15.1. The molecule has 1 saturated heterocycles. The fourth-order valence-electron chi connectivity index (χ4n) is 5.39. The van der Waals surface area contributed by atoms with Crippen molar-refractivity contribution < 1.29 is 9.32 Å². The van der Waals surface area contributed by atoms with Crippen LogP contribution in [-0.2, 0) is 16.8 Å². The van der Waals surface area contributed by atoms with Gasteiger partial charge in [0.15, 0.2) is 5.82 Å². The molecule has 1 aliphatic carbocycles. The van der Waals surface area contributed by atoms with Crippen molar-refractivity contribution in [3.63, 3.8) is 0 Å². The molecule has 31 heavy (non-hydrogen) atoms. The topological polar surface area (TPSA) is 62.5 Å². The molecule has 1 atom stereocenters. The van der Waals surface area contributed by atoms with Crippen LogP contribution in [-0.4, -0.2) is 52.0 Å². The van der Waals surface area contributed by atoms with Gasteiger partial charge in [-0.3, -0.25) is 9.69 Å². The molecule has 6 heteroatoms. The van der Waals surface area contributed by atoms with E-state index in [1.807, 2.05) is 4.90 Å². The van der Waals surface area contributed by atoms with Crippen LogP contribution in [0.25, 0.3) is 0 Å². The van der Waals surface area contributed by atoms with Gasteiger partial charge in [-0.15, -0.1) is 0 Å². The molecule has 0 N–H and O–H groups in total. The molecule has 1 unspecified atom stereocenters. The molecule has 168 valence electrons. The fourth-order valence-corrected chi connectivity index (χ4v) is 5.39. The van der Waals surface area contributed by atoms with Crippen molar-refractivity contribution in [2.24, 2.45) is 5.92 Å². The maximum atomic E-state index is 12.8. The van der Waals surface area contributed by atoms with Crippen LogP contribution >= 0.6 is 0 Å². The molecule has 4 rings (SSSR count). The molecule has 2 fully saturated rings. The van der Waals surface area contributed by atoms with Crippen LogP contribution in [0.5, 0.6) is 0 Å². The van der Waals surface area contributed by atoms with Crippen molar-refractivity contribution in [1.29, 1.82) is 0 Å². The summed E-state index contributed by atoms with van der Waals surface area (Å²) >= 11 is 0. The SMILES string of the molecule is CCN(CC)C(=O)C1CCCN(Cc2nc(C3(c4ccc(C)cc4)CCCC3)no2)C1. The van der Waals surface area contributed by atoms with Gasteiger partial charge in [-0.05, 0) is 58.6 Å². The molecular formula is C25H36N4O2. The number of hydrogen-bond donors (Lipinski definition) is 0. The standard InChI is InChI=1S/C25H36N4O2/c1-4-29(5-2)23(30)20-9-8-16-28(17-20)18-22-26-24(27-31-22)25(14-6-7-15-25)21-12-10-19(3)11-13-21/h10-13,20H,4-9,14-18H2,1-3H3. The van der Waals surface area contributed by atoms with E-state index < -0.39 is 0 Å². The van der Waals surface area contributed by atoms with E-state index >= 15 is 0 Å². The van der Waals surface area contributed by atoms with Crippen LogP contribution in [0, 0.1) is 12.8 Å². The molecule has 2 aromatic rings. The summed E-state index contributed by atoms with van der Waals surface area (Å²) in [7, 11) is 0. The van der Waals surface area contributed by atoms with Gasteiger partial charge >= 0.3 is 0 Å². The number of aryl methyl sites for hydroxylation is 1. The number of carbonyl (C=O) groups is 1. The van der Waals surface area contributed by atoms with Crippen LogP contribution in [0.15, 0.2) is 28.8 Å². The average Bonchev–Trinajstić information content (AvgIpc) is 3.46. The second kappa shape index (κ2) is 9.51. The summed E-state index contributed by atoms with van der Waals surface area (Å²) < 4.78 is 5.74. The van der Waals surface area contributed by atoms with E-state index in [1.54, 1.807) is 0 Å². The van der Waals surface area contributed by atoms with Crippen molar-refractivity contribution >= 4 is 5.91 Å². The summed E-state index contributed by atoms with van der Waals surface area (Å²) in [4.78, 5) is 21.9. The Balaban J connectivity index is 1.47. The van der Waals surface area contributed by atoms with E-state index in [9.17, 15) is 4.79 Å². The highest BCUT2D eigenvalue weighted by Gasteiger charge is 2.41. The first-order valence-electron chi connectivity index (χ1n) is 12.0. The predicted octanol–water partition coefficient (Wildman–Crippen LogP) is 4.32. The van der Waals surface area contributed by atoms with Gasteiger partial charge in [-0.2, -0.15) is 4.98 Å². The van der Waals surface area contributed by atoms with Gasteiger partial charge in [-0.1, -0.05) is 47.8 Å². The minimum Gasteiger partial charge on any atom is -0.343 e. The number of amides is 1. The first kappa shape index (κ1) is 22.0. The zero-order valence-electron chi connectivity index (χ0n) is 19.3. The Hall–Kier alpha value is -2.21. The highest BCUT2D eigenvalue weighted by molar-refractivity contribution is 5.79. The Labute approximate surface area is 186 Å². The molecule has 0 radical (unpaired) electrons. The van der Waals surface area contributed by atoms with Crippen LogP contribution in [0.1, 0.15) is 75.2 Å². The molecule has 6 nitrogen and oxygen atoms in total. The van der Waals surface area contributed by atoms with Gasteiger partial charge in [0.25, 0.3) is 0 Å². The maximum Gasteiger partial charge on any atom is 0.240 e. The highest BCUT2D eigenvalue weighted by atomic mass is 16.5. The Morgan fingerprint density at radius 1 is 1.16 bits per heavy atom. The van der Waals surface area contributed by atoms with Crippen LogP contribution < -0.4 is 0 Å². The number of rotatable bonds is 7. The smallest absolute Gasteiger partial charge is 0.240 e. The Bertz CT molecular complexity index is 866. The van der Waals surface area contributed by atoms with Gasteiger partial charge in [0.2, 0.25) is 11.8 Å². The van der Waals surface area contributed by atoms with Crippen LogP contribution in [0.2, 0.25) is 0 Å². The first-order valence-corrected chi connectivity index (χ1v) is 12.0. The van der Waals surface area contributed by atoms with Crippen molar-refractivity contribution in [3.8, 4) is 0 Å². The van der Waals surface area contributed by atoms with Crippen molar-refractivity contribution in [2.45, 2.75) is 71.3 Å². The number of likely N-dealkylation sites (tertiary alicyclic amines) is 1. The Morgan fingerprint density at radius 3 is 2.55 bits per heavy atom. The predicted molar refractivity (Wildman–Crippen MR) is 121 cm³/mol. The summed E-state index contributed by atoms with van der Waals surface area (Å²) in [6, 6.07) is 8.81. The number of piperidine rings is 1. The van der Waals surface area contributed by atoms with Gasteiger partial charge in [-0.25, -0.2) is 0 Å². The normalized spacial score (nSPS) is 21.3. The van der Waals surface area contributed by atoms with Gasteiger partial charge in [0.1, 0.15) is 0 Å². The lowest BCUT2D eigenvalue weighted by molar-refractivity contribution is -0.137. The van der Waals surface area contributed by atoms with E-state index in [1.165, 1.54) is 24.0 Å². The van der Waals surface area contributed by atoms with E-state index in [0.29, 0.717) is 12.4 Å². The summed E-state index contributed by atoms with van der Waals surface area (Å²) in [5.41, 5.74) is 2.44. The van der Waals surface area contributed by atoms with Crippen LogP contribution in [0.4, 0.5) is 0 Å². The zero-order chi connectivity index (χ0) is 21.8. The molecule has 1 aromatic carbocycles.